The van der Waals surface area contributed by atoms with E-state index in [9.17, 15) is 8.78 Å². The van der Waals surface area contributed by atoms with E-state index in [1.807, 2.05) is 0 Å². The molecule has 1 aromatic rings. The monoisotopic (exact) mass is 318 g/mol. The van der Waals surface area contributed by atoms with Crippen molar-refractivity contribution >= 4 is 12.4 Å². The average molecular weight is 319 g/mol. The SMILES string of the molecule is CCCC(C)[C@H](c1c(F)cccc1F)N1CCNCC1.Cl. The van der Waals surface area contributed by atoms with Gasteiger partial charge in [-0.2, -0.15) is 0 Å². The normalized spacial score (nSPS) is 18.9. The maximum absolute atomic E-state index is 14.2. The summed E-state index contributed by atoms with van der Waals surface area (Å²) in [6, 6.07) is 4.00. The van der Waals surface area contributed by atoms with E-state index < -0.39 is 11.6 Å². The number of halogens is 3. The van der Waals surface area contributed by atoms with Crippen LogP contribution in [0.1, 0.15) is 38.3 Å². The van der Waals surface area contributed by atoms with Crippen LogP contribution in [0, 0.1) is 17.6 Å². The van der Waals surface area contributed by atoms with Gasteiger partial charge >= 0.3 is 0 Å². The lowest BCUT2D eigenvalue weighted by atomic mass is 9.88. The van der Waals surface area contributed by atoms with Gasteiger partial charge in [-0.05, 0) is 24.5 Å². The van der Waals surface area contributed by atoms with Crippen LogP contribution in [0.3, 0.4) is 0 Å². The number of rotatable bonds is 5. The van der Waals surface area contributed by atoms with Crippen LogP contribution in [0.25, 0.3) is 0 Å². The highest BCUT2D eigenvalue weighted by Gasteiger charge is 2.31. The largest absolute Gasteiger partial charge is 0.314 e. The molecule has 0 aromatic heterocycles. The second-order valence-electron chi connectivity index (χ2n) is 5.63. The van der Waals surface area contributed by atoms with E-state index >= 15 is 0 Å². The first-order valence-corrected chi connectivity index (χ1v) is 7.53. The van der Waals surface area contributed by atoms with E-state index in [-0.39, 0.29) is 29.9 Å². The van der Waals surface area contributed by atoms with Crippen molar-refractivity contribution in [2.45, 2.75) is 32.7 Å². The second-order valence-corrected chi connectivity index (χ2v) is 5.63. The lowest BCUT2D eigenvalue weighted by Crippen LogP contribution is -2.47. The summed E-state index contributed by atoms with van der Waals surface area (Å²) in [6.07, 6.45) is 2.00. The van der Waals surface area contributed by atoms with Crippen molar-refractivity contribution in [3.05, 3.63) is 35.4 Å². The van der Waals surface area contributed by atoms with Gasteiger partial charge in [-0.25, -0.2) is 8.78 Å². The fraction of sp³-hybridized carbons (Fsp3) is 0.625. The molecule has 1 heterocycles. The highest BCUT2D eigenvalue weighted by molar-refractivity contribution is 5.85. The standard InChI is InChI=1S/C16H24F2N2.ClH/c1-3-5-12(2)16(20-10-8-19-9-11-20)15-13(17)6-4-7-14(15)18;/h4,6-7,12,16,19H,3,5,8-11H2,1-2H3;1H/t12?,16-;/m1./s1. The predicted molar refractivity (Wildman–Crippen MR) is 84.9 cm³/mol. The number of nitrogens with zero attached hydrogens (tertiary/aromatic N) is 1. The maximum atomic E-state index is 14.2. The molecular formula is C16H25ClF2N2. The quantitative estimate of drug-likeness (QED) is 0.889. The Labute approximate surface area is 132 Å². The zero-order valence-electron chi connectivity index (χ0n) is 12.7. The summed E-state index contributed by atoms with van der Waals surface area (Å²) in [5, 5.41) is 3.29. The van der Waals surface area contributed by atoms with Crippen LogP contribution in [-0.4, -0.2) is 31.1 Å². The zero-order valence-corrected chi connectivity index (χ0v) is 13.6. The molecule has 0 saturated carbocycles. The molecule has 0 aliphatic carbocycles. The Morgan fingerprint density at radius 2 is 1.76 bits per heavy atom. The highest BCUT2D eigenvalue weighted by Crippen LogP contribution is 2.34. The molecule has 0 amide bonds. The van der Waals surface area contributed by atoms with Gasteiger partial charge < -0.3 is 5.32 Å². The van der Waals surface area contributed by atoms with Crippen LogP contribution in [-0.2, 0) is 0 Å². The van der Waals surface area contributed by atoms with Crippen molar-refractivity contribution in [2.75, 3.05) is 26.2 Å². The number of hydrogen-bond donors (Lipinski definition) is 1. The molecule has 21 heavy (non-hydrogen) atoms. The number of piperazine rings is 1. The molecule has 2 atom stereocenters. The van der Waals surface area contributed by atoms with Crippen molar-refractivity contribution in [3.8, 4) is 0 Å². The molecule has 1 aliphatic heterocycles. The molecule has 0 spiro atoms. The highest BCUT2D eigenvalue weighted by atomic mass is 35.5. The van der Waals surface area contributed by atoms with Crippen molar-refractivity contribution in [3.63, 3.8) is 0 Å². The summed E-state index contributed by atoms with van der Waals surface area (Å²) in [5.41, 5.74) is 0.246. The van der Waals surface area contributed by atoms with Crippen LogP contribution in [0.2, 0.25) is 0 Å². The Hall–Kier alpha value is -0.710. The third kappa shape index (κ3) is 4.38. The minimum Gasteiger partial charge on any atom is -0.314 e. The predicted octanol–water partition coefficient (Wildman–Crippen LogP) is 3.77. The Kier molecular flexibility index (Phi) is 7.57. The van der Waals surface area contributed by atoms with Gasteiger partial charge in [0.15, 0.2) is 0 Å². The topological polar surface area (TPSA) is 15.3 Å². The summed E-state index contributed by atoms with van der Waals surface area (Å²) in [6.45, 7) is 7.65. The van der Waals surface area contributed by atoms with Gasteiger partial charge in [0.2, 0.25) is 0 Å². The smallest absolute Gasteiger partial charge is 0.130 e. The summed E-state index contributed by atoms with van der Waals surface area (Å²) in [5.74, 6) is -0.600. The minimum absolute atomic E-state index is 0. The molecule has 1 aliphatic rings. The molecule has 0 bridgehead atoms. The molecule has 2 nitrogen and oxygen atoms in total. The molecule has 120 valence electrons. The zero-order chi connectivity index (χ0) is 14.5. The third-order valence-corrected chi connectivity index (χ3v) is 4.12. The van der Waals surface area contributed by atoms with E-state index in [2.05, 4.69) is 24.1 Å². The molecular weight excluding hydrogens is 294 g/mol. The first-order valence-electron chi connectivity index (χ1n) is 7.53. The molecule has 5 heteroatoms. The van der Waals surface area contributed by atoms with Gasteiger partial charge in [0.05, 0.1) is 0 Å². The van der Waals surface area contributed by atoms with Gasteiger partial charge in [-0.1, -0.05) is 26.3 Å². The molecule has 2 rings (SSSR count). The van der Waals surface area contributed by atoms with Gasteiger partial charge in [-0.15, -0.1) is 12.4 Å². The van der Waals surface area contributed by atoms with Gasteiger partial charge in [0, 0.05) is 37.8 Å². The summed E-state index contributed by atoms with van der Waals surface area (Å²) in [7, 11) is 0. The number of nitrogens with one attached hydrogen (secondary N) is 1. The Morgan fingerprint density at radius 3 is 2.29 bits per heavy atom. The Bertz CT molecular complexity index is 416. The van der Waals surface area contributed by atoms with E-state index in [0.717, 1.165) is 39.0 Å². The number of benzene rings is 1. The lowest BCUT2D eigenvalue weighted by molar-refractivity contribution is 0.120. The third-order valence-electron chi connectivity index (χ3n) is 4.12. The molecule has 1 N–H and O–H groups in total. The second kappa shape index (κ2) is 8.66. The van der Waals surface area contributed by atoms with Gasteiger partial charge in [-0.3, -0.25) is 4.90 Å². The van der Waals surface area contributed by atoms with Crippen LogP contribution < -0.4 is 5.32 Å². The van der Waals surface area contributed by atoms with Crippen molar-refractivity contribution in [1.29, 1.82) is 0 Å². The van der Waals surface area contributed by atoms with E-state index in [1.54, 1.807) is 0 Å². The molecule has 1 aromatic carbocycles. The average Bonchev–Trinajstić information content (AvgIpc) is 2.44. The lowest BCUT2D eigenvalue weighted by Gasteiger charge is -2.38. The van der Waals surface area contributed by atoms with Crippen LogP contribution in [0.4, 0.5) is 8.78 Å². The van der Waals surface area contributed by atoms with E-state index in [1.165, 1.54) is 18.2 Å². The summed E-state index contributed by atoms with van der Waals surface area (Å²) >= 11 is 0. The van der Waals surface area contributed by atoms with E-state index in [4.69, 9.17) is 0 Å². The number of hydrogen-bond acceptors (Lipinski definition) is 2. The summed E-state index contributed by atoms with van der Waals surface area (Å²) in [4.78, 5) is 2.22. The Morgan fingerprint density at radius 1 is 1.19 bits per heavy atom. The fourth-order valence-electron chi connectivity index (χ4n) is 3.19. The first kappa shape index (κ1) is 18.3. The molecule has 1 saturated heterocycles. The van der Waals surface area contributed by atoms with Crippen molar-refractivity contribution < 1.29 is 8.78 Å². The maximum Gasteiger partial charge on any atom is 0.130 e. The fourth-order valence-corrected chi connectivity index (χ4v) is 3.19. The van der Waals surface area contributed by atoms with E-state index in [0.29, 0.717) is 0 Å². The van der Waals surface area contributed by atoms with Gasteiger partial charge in [0.1, 0.15) is 11.6 Å². The molecule has 1 unspecified atom stereocenters. The van der Waals surface area contributed by atoms with Crippen LogP contribution >= 0.6 is 12.4 Å². The van der Waals surface area contributed by atoms with Crippen LogP contribution in [0.15, 0.2) is 18.2 Å². The molecule has 0 radical (unpaired) electrons. The Balaban J connectivity index is 0.00000220. The van der Waals surface area contributed by atoms with Crippen molar-refractivity contribution in [2.24, 2.45) is 5.92 Å². The summed E-state index contributed by atoms with van der Waals surface area (Å²) < 4.78 is 28.3. The minimum atomic E-state index is -0.420. The van der Waals surface area contributed by atoms with Crippen LogP contribution in [0.5, 0.6) is 0 Å². The van der Waals surface area contributed by atoms with Crippen molar-refractivity contribution in [1.82, 2.24) is 10.2 Å². The van der Waals surface area contributed by atoms with Gasteiger partial charge in [0.25, 0.3) is 0 Å². The molecule has 1 fully saturated rings. The first-order chi connectivity index (χ1) is 9.65.